The molecule has 0 fully saturated rings. The van der Waals surface area contributed by atoms with Crippen molar-refractivity contribution in [2.75, 3.05) is 5.32 Å². The van der Waals surface area contributed by atoms with Gasteiger partial charge in [0, 0.05) is 41.5 Å². The van der Waals surface area contributed by atoms with Crippen LogP contribution in [0, 0.1) is 17.0 Å². The topological polar surface area (TPSA) is 71.0 Å². The van der Waals surface area contributed by atoms with Crippen LogP contribution in [-0.2, 0) is 6.54 Å². The van der Waals surface area contributed by atoms with Crippen LogP contribution < -0.4 is 5.32 Å². The number of fused-ring (bicyclic) bond motifs is 1. The second-order valence-corrected chi connectivity index (χ2v) is 4.97. The molecule has 0 unspecified atom stereocenters. The van der Waals surface area contributed by atoms with E-state index in [4.69, 9.17) is 0 Å². The summed E-state index contributed by atoms with van der Waals surface area (Å²) in [5.74, 6) is 0. The van der Waals surface area contributed by atoms with Crippen LogP contribution in [0.1, 0.15) is 11.1 Å². The molecule has 0 radical (unpaired) electrons. The summed E-state index contributed by atoms with van der Waals surface area (Å²) in [6.07, 6.45) is 1.96. The van der Waals surface area contributed by atoms with Crippen molar-refractivity contribution in [2.24, 2.45) is 0 Å². The van der Waals surface area contributed by atoms with Crippen LogP contribution in [0.3, 0.4) is 0 Å². The number of para-hydroxylation sites is 1. The number of hydrogen-bond acceptors (Lipinski definition) is 3. The first kappa shape index (κ1) is 13.2. The van der Waals surface area contributed by atoms with E-state index in [1.54, 1.807) is 12.1 Å². The van der Waals surface area contributed by atoms with E-state index in [1.807, 2.05) is 31.3 Å². The van der Waals surface area contributed by atoms with Crippen molar-refractivity contribution in [3.63, 3.8) is 0 Å². The lowest BCUT2D eigenvalue weighted by molar-refractivity contribution is -0.384. The highest BCUT2D eigenvalue weighted by Crippen LogP contribution is 2.24. The number of anilines is 1. The molecule has 0 spiro atoms. The van der Waals surface area contributed by atoms with E-state index in [1.165, 1.54) is 6.07 Å². The van der Waals surface area contributed by atoms with Crippen LogP contribution in [0.25, 0.3) is 10.9 Å². The van der Waals surface area contributed by atoms with Gasteiger partial charge in [-0.15, -0.1) is 0 Å². The molecule has 0 saturated carbocycles. The Morgan fingerprint density at radius 3 is 2.86 bits per heavy atom. The Kier molecular flexibility index (Phi) is 3.31. The molecule has 2 aromatic carbocycles. The number of nitro benzene ring substituents is 1. The molecule has 1 aromatic heterocycles. The van der Waals surface area contributed by atoms with Gasteiger partial charge in [-0.25, -0.2) is 0 Å². The van der Waals surface area contributed by atoms with Crippen molar-refractivity contribution in [2.45, 2.75) is 13.5 Å². The Morgan fingerprint density at radius 2 is 2.05 bits per heavy atom. The van der Waals surface area contributed by atoms with E-state index in [0.29, 0.717) is 6.54 Å². The molecular weight excluding hydrogens is 266 g/mol. The molecule has 2 N–H and O–H groups in total. The summed E-state index contributed by atoms with van der Waals surface area (Å²) >= 11 is 0. The van der Waals surface area contributed by atoms with Crippen LogP contribution in [0.15, 0.2) is 48.7 Å². The van der Waals surface area contributed by atoms with Gasteiger partial charge < -0.3 is 10.3 Å². The van der Waals surface area contributed by atoms with Gasteiger partial charge in [0.15, 0.2) is 0 Å². The fourth-order valence-electron chi connectivity index (χ4n) is 2.38. The third-order valence-electron chi connectivity index (χ3n) is 3.58. The van der Waals surface area contributed by atoms with Crippen LogP contribution in [0.2, 0.25) is 0 Å². The molecule has 0 saturated heterocycles. The van der Waals surface area contributed by atoms with E-state index in [9.17, 15) is 10.1 Å². The van der Waals surface area contributed by atoms with Gasteiger partial charge in [0.2, 0.25) is 0 Å². The van der Waals surface area contributed by atoms with E-state index in [0.717, 1.165) is 27.7 Å². The largest absolute Gasteiger partial charge is 0.380 e. The Hall–Kier alpha value is -2.82. The first-order chi connectivity index (χ1) is 10.1. The molecule has 21 heavy (non-hydrogen) atoms. The number of rotatable bonds is 4. The van der Waals surface area contributed by atoms with Crippen molar-refractivity contribution in [1.82, 2.24) is 4.98 Å². The number of nitrogens with one attached hydrogen (secondary N) is 2. The maximum absolute atomic E-state index is 10.8. The third kappa shape index (κ3) is 2.58. The maximum atomic E-state index is 10.8. The quantitative estimate of drug-likeness (QED) is 0.561. The molecular formula is C16H15N3O2. The molecule has 5 heteroatoms. The number of hydrogen-bond donors (Lipinski definition) is 2. The fraction of sp³-hybridized carbons (Fsp3) is 0.125. The zero-order valence-electron chi connectivity index (χ0n) is 11.6. The summed E-state index contributed by atoms with van der Waals surface area (Å²) < 4.78 is 0. The standard InChI is InChI=1S/C16H15N3O2/c1-11-6-7-13(19(20)21)8-16(11)18-10-12-9-17-15-5-3-2-4-14(12)15/h2-9,17-18H,10H2,1H3. The van der Waals surface area contributed by atoms with Crippen LogP contribution in [-0.4, -0.2) is 9.91 Å². The average Bonchev–Trinajstić information content (AvgIpc) is 2.89. The lowest BCUT2D eigenvalue weighted by atomic mass is 10.1. The number of non-ortho nitro benzene ring substituents is 1. The van der Waals surface area contributed by atoms with Crippen molar-refractivity contribution < 1.29 is 4.92 Å². The van der Waals surface area contributed by atoms with Gasteiger partial charge in [-0.3, -0.25) is 10.1 Å². The summed E-state index contributed by atoms with van der Waals surface area (Å²) in [6.45, 7) is 2.55. The highest BCUT2D eigenvalue weighted by atomic mass is 16.6. The number of nitrogens with zero attached hydrogens (tertiary/aromatic N) is 1. The van der Waals surface area contributed by atoms with Crippen LogP contribution >= 0.6 is 0 Å². The zero-order valence-corrected chi connectivity index (χ0v) is 11.6. The first-order valence-corrected chi connectivity index (χ1v) is 6.69. The summed E-state index contributed by atoms with van der Waals surface area (Å²) in [4.78, 5) is 13.7. The van der Waals surface area contributed by atoms with Crippen LogP contribution in [0.5, 0.6) is 0 Å². The minimum absolute atomic E-state index is 0.0991. The average molecular weight is 281 g/mol. The van der Waals surface area contributed by atoms with Gasteiger partial charge in [0.25, 0.3) is 5.69 Å². The van der Waals surface area contributed by atoms with Gasteiger partial charge >= 0.3 is 0 Å². The van der Waals surface area contributed by atoms with Gasteiger partial charge in [-0.05, 0) is 24.1 Å². The van der Waals surface area contributed by atoms with Crippen molar-refractivity contribution in [3.8, 4) is 0 Å². The molecule has 1 heterocycles. The number of aryl methyl sites for hydroxylation is 1. The summed E-state index contributed by atoms with van der Waals surface area (Å²) in [5.41, 5.74) is 4.10. The second kappa shape index (κ2) is 5.28. The Labute approximate surface area is 121 Å². The van der Waals surface area contributed by atoms with Crippen molar-refractivity contribution in [1.29, 1.82) is 0 Å². The van der Waals surface area contributed by atoms with Gasteiger partial charge in [0.05, 0.1) is 4.92 Å². The monoisotopic (exact) mass is 281 g/mol. The molecule has 0 atom stereocenters. The van der Waals surface area contributed by atoms with Gasteiger partial charge in [-0.2, -0.15) is 0 Å². The molecule has 106 valence electrons. The predicted octanol–water partition coefficient (Wildman–Crippen LogP) is 4.00. The van der Waals surface area contributed by atoms with Crippen molar-refractivity contribution >= 4 is 22.3 Å². The molecule has 0 amide bonds. The number of aromatic nitrogens is 1. The summed E-state index contributed by atoms with van der Waals surface area (Å²) in [5, 5.41) is 15.3. The summed E-state index contributed by atoms with van der Waals surface area (Å²) in [6, 6.07) is 12.9. The number of aromatic amines is 1. The van der Waals surface area contributed by atoms with E-state index >= 15 is 0 Å². The molecule has 0 bridgehead atoms. The van der Waals surface area contributed by atoms with E-state index in [2.05, 4.69) is 16.4 Å². The lowest BCUT2D eigenvalue weighted by Crippen LogP contribution is -2.01. The minimum atomic E-state index is -0.379. The molecule has 0 aliphatic heterocycles. The molecule has 3 aromatic rings. The molecule has 3 rings (SSSR count). The van der Waals surface area contributed by atoms with Crippen molar-refractivity contribution in [3.05, 3.63) is 69.9 Å². The number of benzene rings is 2. The molecule has 0 aliphatic rings. The fourth-order valence-corrected chi connectivity index (χ4v) is 2.38. The number of nitro groups is 1. The smallest absolute Gasteiger partial charge is 0.271 e. The lowest BCUT2D eigenvalue weighted by Gasteiger charge is -2.08. The highest BCUT2D eigenvalue weighted by molar-refractivity contribution is 5.83. The maximum Gasteiger partial charge on any atom is 0.271 e. The third-order valence-corrected chi connectivity index (χ3v) is 3.58. The summed E-state index contributed by atoms with van der Waals surface area (Å²) in [7, 11) is 0. The normalized spacial score (nSPS) is 10.7. The Bertz CT molecular complexity index is 808. The molecule has 0 aliphatic carbocycles. The predicted molar refractivity (Wildman–Crippen MR) is 83.5 cm³/mol. The van der Waals surface area contributed by atoms with Crippen LogP contribution in [0.4, 0.5) is 11.4 Å². The number of H-pyrrole nitrogens is 1. The Morgan fingerprint density at radius 1 is 1.24 bits per heavy atom. The van der Waals surface area contributed by atoms with E-state index < -0.39 is 0 Å². The second-order valence-electron chi connectivity index (χ2n) is 4.97. The SMILES string of the molecule is Cc1ccc([N+](=O)[O-])cc1NCc1c[nH]c2ccccc12. The highest BCUT2D eigenvalue weighted by Gasteiger charge is 2.09. The zero-order chi connectivity index (χ0) is 14.8. The molecule has 5 nitrogen and oxygen atoms in total. The van der Waals surface area contributed by atoms with Gasteiger partial charge in [0.1, 0.15) is 0 Å². The first-order valence-electron chi connectivity index (χ1n) is 6.69. The van der Waals surface area contributed by atoms with Gasteiger partial charge in [-0.1, -0.05) is 24.3 Å². The van der Waals surface area contributed by atoms with E-state index in [-0.39, 0.29) is 10.6 Å². The minimum Gasteiger partial charge on any atom is -0.380 e. The Balaban J connectivity index is 1.84.